The molecule has 4 nitrogen and oxygen atoms in total. The van der Waals surface area contributed by atoms with Crippen LogP contribution < -0.4 is 0 Å². The third-order valence-corrected chi connectivity index (χ3v) is 3.01. The van der Waals surface area contributed by atoms with Crippen LogP contribution in [0.1, 0.15) is 36.5 Å². The lowest BCUT2D eigenvalue weighted by atomic mass is 10.1. The summed E-state index contributed by atoms with van der Waals surface area (Å²) < 4.78 is 1.69. The quantitative estimate of drug-likeness (QED) is 0.797. The maximum Gasteiger partial charge on any atom is 0.184 e. The largest absolute Gasteiger partial charge is 0.292 e. The molecule has 0 fully saturated rings. The first kappa shape index (κ1) is 12.8. The predicted molar refractivity (Wildman–Crippen MR) is 70.4 cm³/mol. The molecule has 0 spiro atoms. The molecule has 0 amide bonds. The molecule has 0 saturated carbocycles. The zero-order valence-corrected chi connectivity index (χ0v) is 11.1. The van der Waals surface area contributed by atoms with Crippen molar-refractivity contribution < 1.29 is 4.79 Å². The van der Waals surface area contributed by atoms with Crippen molar-refractivity contribution in [3.05, 3.63) is 40.7 Å². The number of Topliss-reactive ketones (excluding diaryl/α,β-unsaturated/α-hetero) is 1. The minimum atomic E-state index is 0.0204. The first-order valence-electron chi connectivity index (χ1n) is 5.91. The number of hydrogen-bond acceptors (Lipinski definition) is 3. The average Bonchev–Trinajstić information content (AvgIpc) is 2.82. The second-order valence-electron chi connectivity index (χ2n) is 3.90. The maximum atomic E-state index is 11.8. The highest BCUT2D eigenvalue weighted by Gasteiger charge is 2.17. The van der Waals surface area contributed by atoms with Gasteiger partial charge in [-0.15, -0.1) is 5.10 Å². The van der Waals surface area contributed by atoms with Crippen molar-refractivity contribution in [2.24, 2.45) is 0 Å². The van der Waals surface area contributed by atoms with E-state index in [0.717, 1.165) is 11.4 Å². The summed E-state index contributed by atoms with van der Waals surface area (Å²) in [4.78, 5) is 11.8. The fourth-order valence-electron chi connectivity index (χ4n) is 1.79. The Bertz CT molecular complexity index is 560. The highest BCUT2D eigenvalue weighted by atomic mass is 35.5. The molecular formula is C13H14ClN3O. The normalized spacial score (nSPS) is 10.6. The molecule has 1 aromatic carbocycles. The SMILES string of the molecule is CCC(=O)c1nnn(-c2ccc(Cl)cc2)c1CC. The van der Waals surface area contributed by atoms with Crippen LogP contribution in [0.25, 0.3) is 5.69 Å². The second kappa shape index (κ2) is 5.31. The summed E-state index contributed by atoms with van der Waals surface area (Å²) in [5.41, 5.74) is 2.16. The number of carbonyl (C=O) groups excluding carboxylic acids is 1. The number of carbonyl (C=O) groups is 1. The van der Waals surface area contributed by atoms with Gasteiger partial charge in [0.1, 0.15) is 0 Å². The van der Waals surface area contributed by atoms with Crippen LogP contribution in [0.4, 0.5) is 0 Å². The van der Waals surface area contributed by atoms with Crippen molar-refractivity contribution in [3.8, 4) is 5.69 Å². The van der Waals surface area contributed by atoms with E-state index in [1.807, 2.05) is 26.0 Å². The fraction of sp³-hybridized carbons (Fsp3) is 0.308. The summed E-state index contributed by atoms with van der Waals surface area (Å²) in [6, 6.07) is 7.30. The van der Waals surface area contributed by atoms with Crippen molar-refractivity contribution in [2.45, 2.75) is 26.7 Å². The average molecular weight is 264 g/mol. The minimum Gasteiger partial charge on any atom is -0.292 e. The second-order valence-corrected chi connectivity index (χ2v) is 4.34. The Balaban J connectivity index is 2.48. The van der Waals surface area contributed by atoms with E-state index in [9.17, 15) is 4.79 Å². The molecule has 0 N–H and O–H groups in total. The lowest BCUT2D eigenvalue weighted by Crippen LogP contribution is -2.05. The maximum absolute atomic E-state index is 11.8. The molecule has 0 radical (unpaired) electrons. The summed E-state index contributed by atoms with van der Waals surface area (Å²) in [5.74, 6) is 0.0204. The number of nitrogens with zero attached hydrogens (tertiary/aromatic N) is 3. The van der Waals surface area contributed by atoms with Crippen molar-refractivity contribution in [2.75, 3.05) is 0 Å². The van der Waals surface area contributed by atoms with E-state index in [1.165, 1.54) is 0 Å². The molecule has 0 atom stereocenters. The van der Waals surface area contributed by atoms with Crippen molar-refractivity contribution in [1.82, 2.24) is 15.0 Å². The third kappa shape index (κ3) is 2.29. The molecule has 1 heterocycles. The van der Waals surface area contributed by atoms with Gasteiger partial charge in [-0.2, -0.15) is 0 Å². The molecule has 0 unspecified atom stereocenters. The van der Waals surface area contributed by atoms with Gasteiger partial charge in [0.05, 0.1) is 11.4 Å². The molecular weight excluding hydrogens is 250 g/mol. The van der Waals surface area contributed by atoms with Crippen LogP contribution in [0.3, 0.4) is 0 Å². The monoisotopic (exact) mass is 263 g/mol. The van der Waals surface area contributed by atoms with Crippen molar-refractivity contribution >= 4 is 17.4 Å². The van der Waals surface area contributed by atoms with Gasteiger partial charge in [-0.05, 0) is 30.7 Å². The van der Waals surface area contributed by atoms with Gasteiger partial charge in [-0.1, -0.05) is 30.7 Å². The Labute approximate surface area is 111 Å². The van der Waals surface area contributed by atoms with Gasteiger partial charge in [0.25, 0.3) is 0 Å². The highest BCUT2D eigenvalue weighted by Crippen LogP contribution is 2.17. The summed E-state index contributed by atoms with van der Waals surface area (Å²) in [6.07, 6.45) is 1.14. The Morgan fingerprint density at radius 2 is 1.94 bits per heavy atom. The van der Waals surface area contributed by atoms with Gasteiger partial charge < -0.3 is 0 Å². The zero-order chi connectivity index (χ0) is 13.1. The van der Waals surface area contributed by atoms with Crippen LogP contribution in [-0.2, 0) is 6.42 Å². The number of ketones is 1. The number of aromatic nitrogens is 3. The summed E-state index contributed by atoms with van der Waals surface area (Å²) in [6.45, 7) is 3.81. The summed E-state index contributed by atoms with van der Waals surface area (Å²) in [7, 11) is 0. The number of halogens is 1. The van der Waals surface area contributed by atoms with Crippen LogP contribution in [0.2, 0.25) is 5.02 Å². The fourth-order valence-corrected chi connectivity index (χ4v) is 1.92. The molecule has 2 rings (SSSR count). The highest BCUT2D eigenvalue weighted by molar-refractivity contribution is 6.30. The molecule has 0 aliphatic rings. The van der Waals surface area contributed by atoms with Crippen molar-refractivity contribution in [3.63, 3.8) is 0 Å². The Hall–Kier alpha value is -1.68. The lowest BCUT2D eigenvalue weighted by molar-refractivity contribution is 0.0982. The first-order chi connectivity index (χ1) is 8.67. The predicted octanol–water partition coefficient (Wildman–Crippen LogP) is 3.08. The van der Waals surface area contributed by atoms with Crippen LogP contribution in [0, 0.1) is 0 Å². The summed E-state index contributed by atoms with van der Waals surface area (Å²) >= 11 is 5.85. The molecule has 0 aliphatic heterocycles. The number of hydrogen-bond donors (Lipinski definition) is 0. The van der Waals surface area contributed by atoms with Gasteiger partial charge in [-0.25, -0.2) is 4.68 Å². The van der Waals surface area contributed by atoms with Gasteiger partial charge >= 0.3 is 0 Å². The van der Waals surface area contributed by atoms with Crippen molar-refractivity contribution in [1.29, 1.82) is 0 Å². The van der Waals surface area contributed by atoms with Crippen LogP contribution in [0.15, 0.2) is 24.3 Å². The van der Waals surface area contributed by atoms with E-state index < -0.39 is 0 Å². The van der Waals surface area contributed by atoms with Crippen LogP contribution in [0.5, 0.6) is 0 Å². The number of benzene rings is 1. The summed E-state index contributed by atoms with van der Waals surface area (Å²) in [5, 5.41) is 8.71. The van der Waals surface area contributed by atoms with E-state index in [2.05, 4.69) is 10.3 Å². The van der Waals surface area contributed by atoms with Gasteiger partial charge in [0, 0.05) is 11.4 Å². The zero-order valence-electron chi connectivity index (χ0n) is 10.4. The van der Waals surface area contributed by atoms with Crippen LogP contribution >= 0.6 is 11.6 Å². The molecule has 18 heavy (non-hydrogen) atoms. The number of rotatable bonds is 4. The molecule has 1 aromatic heterocycles. The lowest BCUT2D eigenvalue weighted by Gasteiger charge is -2.05. The standard InChI is InChI=1S/C13H14ClN3O/c1-3-11-13(12(18)4-2)15-16-17(11)10-7-5-9(14)6-8-10/h5-8H,3-4H2,1-2H3. The third-order valence-electron chi connectivity index (χ3n) is 2.75. The van der Waals surface area contributed by atoms with E-state index in [4.69, 9.17) is 11.6 Å². The molecule has 5 heteroatoms. The molecule has 2 aromatic rings. The Kier molecular flexibility index (Phi) is 3.77. The smallest absolute Gasteiger partial charge is 0.184 e. The van der Waals surface area contributed by atoms with Gasteiger partial charge in [0.15, 0.2) is 11.5 Å². The molecule has 94 valence electrons. The Morgan fingerprint density at radius 3 is 2.50 bits per heavy atom. The van der Waals surface area contributed by atoms with Gasteiger partial charge in [0.2, 0.25) is 0 Å². The molecule has 0 bridgehead atoms. The minimum absolute atomic E-state index is 0.0204. The van der Waals surface area contributed by atoms with E-state index in [1.54, 1.807) is 16.8 Å². The van der Waals surface area contributed by atoms with E-state index in [0.29, 0.717) is 23.6 Å². The first-order valence-corrected chi connectivity index (χ1v) is 6.28. The van der Waals surface area contributed by atoms with Gasteiger partial charge in [-0.3, -0.25) is 4.79 Å². The molecule has 0 aliphatic carbocycles. The molecule has 0 saturated heterocycles. The van der Waals surface area contributed by atoms with Crippen LogP contribution in [-0.4, -0.2) is 20.8 Å². The Morgan fingerprint density at radius 1 is 1.28 bits per heavy atom. The topological polar surface area (TPSA) is 47.8 Å². The van der Waals surface area contributed by atoms with E-state index >= 15 is 0 Å². The van der Waals surface area contributed by atoms with E-state index in [-0.39, 0.29) is 5.78 Å².